The van der Waals surface area contributed by atoms with Crippen LogP contribution in [0.25, 0.3) is 0 Å². The van der Waals surface area contributed by atoms with Crippen LogP contribution >= 0.6 is 15.9 Å². The predicted octanol–water partition coefficient (Wildman–Crippen LogP) is 1.78. The number of rotatable bonds is 5. The van der Waals surface area contributed by atoms with Gasteiger partial charge in [0.15, 0.2) is 0 Å². The minimum absolute atomic E-state index is 0.0971. The standard InChI is InChI=1S/C11H12BrN5O2/c1-16-7-14-15-11(16)6-13-5-8-2-3-9(12)4-10(8)17(18)19/h2-4,7,13H,5-6H2,1H3. The molecule has 0 unspecified atom stereocenters. The van der Waals surface area contributed by atoms with Gasteiger partial charge in [0.25, 0.3) is 5.69 Å². The van der Waals surface area contributed by atoms with E-state index in [4.69, 9.17) is 0 Å². The lowest BCUT2D eigenvalue weighted by atomic mass is 10.2. The van der Waals surface area contributed by atoms with Crippen molar-refractivity contribution in [1.82, 2.24) is 20.1 Å². The van der Waals surface area contributed by atoms with Gasteiger partial charge in [-0.3, -0.25) is 10.1 Å². The Morgan fingerprint density at radius 2 is 2.26 bits per heavy atom. The Morgan fingerprint density at radius 3 is 2.89 bits per heavy atom. The first kappa shape index (κ1) is 13.6. The Morgan fingerprint density at radius 1 is 1.47 bits per heavy atom. The summed E-state index contributed by atoms with van der Waals surface area (Å²) in [5.74, 6) is 0.778. The fourth-order valence-corrected chi connectivity index (χ4v) is 1.98. The van der Waals surface area contributed by atoms with Gasteiger partial charge in [0.1, 0.15) is 12.2 Å². The molecule has 7 nitrogen and oxygen atoms in total. The molecule has 2 aromatic rings. The van der Waals surface area contributed by atoms with Crippen molar-refractivity contribution in [2.75, 3.05) is 0 Å². The Hall–Kier alpha value is -1.80. The Balaban J connectivity index is 2.03. The van der Waals surface area contributed by atoms with Gasteiger partial charge in [-0.2, -0.15) is 0 Å². The summed E-state index contributed by atoms with van der Waals surface area (Å²) < 4.78 is 2.49. The molecule has 1 N–H and O–H groups in total. The molecule has 0 amide bonds. The third-order valence-electron chi connectivity index (χ3n) is 2.65. The molecule has 19 heavy (non-hydrogen) atoms. The van der Waals surface area contributed by atoms with Crippen LogP contribution in [0.3, 0.4) is 0 Å². The van der Waals surface area contributed by atoms with Gasteiger partial charge in [0.05, 0.1) is 11.5 Å². The number of nitro groups is 1. The second-order valence-electron chi connectivity index (χ2n) is 3.99. The van der Waals surface area contributed by atoms with Crippen LogP contribution in [-0.4, -0.2) is 19.7 Å². The quantitative estimate of drug-likeness (QED) is 0.668. The van der Waals surface area contributed by atoms with Crippen LogP contribution < -0.4 is 5.32 Å². The molecular formula is C11H12BrN5O2. The van der Waals surface area contributed by atoms with Gasteiger partial charge in [0.2, 0.25) is 0 Å². The highest BCUT2D eigenvalue weighted by molar-refractivity contribution is 9.10. The summed E-state index contributed by atoms with van der Waals surface area (Å²) in [7, 11) is 1.85. The van der Waals surface area contributed by atoms with Crippen molar-refractivity contribution in [1.29, 1.82) is 0 Å². The molecular weight excluding hydrogens is 314 g/mol. The van der Waals surface area contributed by atoms with E-state index in [2.05, 4.69) is 31.4 Å². The molecule has 0 radical (unpaired) electrons. The summed E-state index contributed by atoms with van der Waals surface area (Å²) >= 11 is 3.23. The van der Waals surface area contributed by atoms with E-state index in [-0.39, 0.29) is 10.6 Å². The van der Waals surface area contributed by atoms with Crippen LogP contribution in [0.15, 0.2) is 29.0 Å². The summed E-state index contributed by atoms with van der Waals surface area (Å²) in [6.07, 6.45) is 1.61. The maximum Gasteiger partial charge on any atom is 0.275 e. The van der Waals surface area contributed by atoms with Crippen molar-refractivity contribution < 1.29 is 4.92 Å². The zero-order valence-electron chi connectivity index (χ0n) is 10.2. The lowest BCUT2D eigenvalue weighted by Gasteiger charge is -2.05. The van der Waals surface area contributed by atoms with Crippen molar-refractivity contribution in [2.24, 2.45) is 7.05 Å². The Bertz CT molecular complexity index is 599. The second kappa shape index (κ2) is 5.89. The fourth-order valence-electron chi connectivity index (χ4n) is 1.63. The number of nitro benzene ring substituents is 1. The molecule has 0 atom stereocenters. The molecule has 0 bridgehead atoms. The second-order valence-corrected chi connectivity index (χ2v) is 4.91. The van der Waals surface area contributed by atoms with E-state index < -0.39 is 0 Å². The number of benzene rings is 1. The van der Waals surface area contributed by atoms with Crippen LogP contribution in [0.5, 0.6) is 0 Å². The summed E-state index contributed by atoms with van der Waals surface area (Å²) in [5, 5.41) is 21.8. The molecule has 0 saturated heterocycles. The first-order chi connectivity index (χ1) is 9.08. The normalized spacial score (nSPS) is 10.6. The largest absolute Gasteiger partial charge is 0.320 e. The van der Waals surface area contributed by atoms with E-state index in [1.54, 1.807) is 23.0 Å². The molecule has 0 aliphatic heterocycles. The molecule has 0 aliphatic carbocycles. The molecule has 100 valence electrons. The fraction of sp³-hybridized carbons (Fsp3) is 0.273. The smallest absolute Gasteiger partial charge is 0.275 e. The summed E-state index contributed by atoms with van der Waals surface area (Å²) in [6, 6.07) is 5.01. The zero-order chi connectivity index (χ0) is 13.8. The predicted molar refractivity (Wildman–Crippen MR) is 72.3 cm³/mol. The van der Waals surface area contributed by atoms with Gasteiger partial charge >= 0.3 is 0 Å². The molecule has 8 heteroatoms. The summed E-state index contributed by atoms with van der Waals surface area (Å²) in [5.41, 5.74) is 0.732. The van der Waals surface area contributed by atoms with Crippen molar-refractivity contribution in [3.05, 3.63) is 50.5 Å². The van der Waals surface area contributed by atoms with Gasteiger partial charge in [-0.1, -0.05) is 15.9 Å². The molecule has 1 aromatic heterocycles. The Labute approximate surface area is 117 Å². The minimum atomic E-state index is -0.385. The minimum Gasteiger partial charge on any atom is -0.320 e. The number of hydrogen-bond acceptors (Lipinski definition) is 5. The SMILES string of the molecule is Cn1cnnc1CNCc1ccc(Br)cc1[N+](=O)[O-]. The highest BCUT2D eigenvalue weighted by Gasteiger charge is 2.13. The van der Waals surface area contributed by atoms with Crippen LogP contribution in [-0.2, 0) is 20.1 Å². The molecule has 0 fully saturated rings. The van der Waals surface area contributed by atoms with Crippen LogP contribution in [0.4, 0.5) is 5.69 Å². The topological polar surface area (TPSA) is 85.9 Å². The first-order valence-corrected chi connectivity index (χ1v) is 6.33. The third kappa shape index (κ3) is 3.36. The average molecular weight is 326 g/mol. The maximum atomic E-state index is 11.0. The first-order valence-electron chi connectivity index (χ1n) is 5.54. The molecule has 1 aromatic carbocycles. The number of nitrogens with zero attached hydrogens (tertiary/aromatic N) is 4. The summed E-state index contributed by atoms with van der Waals surface area (Å²) in [6.45, 7) is 0.903. The van der Waals surface area contributed by atoms with Crippen LogP contribution in [0.2, 0.25) is 0 Å². The van der Waals surface area contributed by atoms with Gasteiger partial charge in [-0.25, -0.2) is 0 Å². The van der Waals surface area contributed by atoms with Gasteiger partial charge in [-0.05, 0) is 12.1 Å². The van der Waals surface area contributed by atoms with Crippen LogP contribution in [0.1, 0.15) is 11.4 Å². The van der Waals surface area contributed by atoms with Crippen molar-refractivity contribution in [3.63, 3.8) is 0 Å². The lowest BCUT2D eigenvalue weighted by Crippen LogP contribution is -2.16. The number of halogens is 1. The molecule has 0 saturated carbocycles. The molecule has 0 spiro atoms. The highest BCUT2D eigenvalue weighted by atomic mass is 79.9. The number of aromatic nitrogens is 3. The lowest BCUT2D eigenvalue weighted by molar-refractivity contribution is -0.385. The van der Waals surface area contributed by atoms with Crippen molar-refractivity contribution in [2.45, 2.75) is 13.1 Å². The summed E-state index contributed by atoms with van der Waals surface area (Å²) in [4.78, 5) is 10.6. The van der Waals surface area contributed by atoms with E-state index in [0.29, 0.717) is 23.1 Å². The van der Waals surface area contributed by atoms with Crippen molar-refractivity contribution >= 4 is 21.6 Å². The van der Waals surface area contributed by atoms with E-state index in [1.165, 1.54) is 6.07 Å². The average Bonchev–Trinajstić information content (AvgIpc) is 2.77. The molecule has 0 aliphatic rings. The molecule has 1 heterocycles. The van der Waals surface area contributed by atoms with E-state index >= 15 is 0 Å². The number of nitrogens with one attached hydrogen (secondary N) is 1. The van der Waals surface area contributed by atoms with E-state index in [9.17, 15) is 10.1 Å². The molecule has 2 rings (SSSR count). The number of aryl methyl sites for hydroxylation is 1. The van der Waals surface area contributed by atoms with Crippen LogP contribution in [0, 0.1) is 10.1 Å². The monoisotopic (exact) mass is 325 g/mol. The van der Waals surface area contributed by atoms with Crippen molar-refractivity contribution in [3.8, 4) is 0 Å². The van der Waals surface area contributed by atoms with E-state index in [1.807, 2.05) is 7.05 Å². The van der Waals surface area contributed by atoms with Gasteiger partial charge < -0.3 is 9.88 Å². The van der Waals surface area contributed by atoms with Gasteiger partial charge in [0, 0.05) is 29.7 Å². The Kier molecular flexibility index (Phi) is 4.23. The highest BCUT2D eigenvalue weighted by Crippen LogP contribution is 2.23. The maximum absolute atomic E-state index is 11.0. The number of hydrogen-bond donors (Lipinski definition) is 1. The third-order valence-corrected chi connectivity index (χ3v) is 3.14. The zero-order valence-corrected chi connectivity index (χ0v) is 11.8. The van der Waals surface area contributed by atoms with E-state index in [0.717, 1.165) is 5.82 Å². The van der Waals surface area contributed by atoms with Gasteiger partial charge in [-0.15, -0.1) is 10.2 Å².